The van der Waals surface area contributed by atoms with Crippen molar-refractivity contribution in [2.24, 2.45) is 0 Å². The van der Waals surface area contributed by atoms with E-state index in [4.69, 9.17) is 0 Å². The maximum absolute atomic E-state index is 4.33. The lowest BCUT2D eigenvalue weighted by Crippen LogP contribution is -2.44. The van der Waals surface area contributed by atoms with Crippen molar-refractivity contribution in [3.05, 3.63) is 22.9 Å². The van der Waals surface area contributed by atoms with E-state index in [0.29, 0.717) is 6.04 Å². The van der Waals surface area contributed by atoms with Crippen LogP contribution in [0.25, 0.3) is 0 Å². The number of piperidine rings is 1. The van der Waals surface area contributed by atoms with E-state index >= 15 is 0 Å². The van der Waals surface area contributed by atoms with Gasteiger partial charge in [-0.05, 0) is 47.3 Å². The van der Waals surface area contributed by atoms with E-state index in [1.165, 1.54) is 31.4 Å². The van der Waals surface area contributed by atoms with Crippen molar-refractivity contribution in [2.45, 2.75) is 37.8 Å². The van der Waals surface area contributed by atoms with Gasteiger partial charge in [-0.3, -0.25) is 0 Å². The number of hydrogen-bond donors (Lipinski definition) is 1. The standard InChI is InChI=1S/C13H18BrN3/c14-13-5-4-12(8-15-13)17-7-6-10-2-1-3-11(9-17)16-10/h4-5,8,10-11,16H,1-3,6-7,9H2. The second-order valence-corrected chi connectivity index (χ2v) is 5.88. The summed E-state index contributed by atoms with van der Waals surface area (Å²) in [5.41, 5.74) is 1.25. The third-order valence-electron chi connectivity index (χ3n) is 3.84. The zero-order valence-corrected chi connectivity index (χ0v) is 11.5. The molecule has 2 unspecified atom stereocenters. The van der Waals surface area contributed by atoms with Crippen LogP contribution in [0.4, 0.5) is 5.69 Å². The van der Waals surface area contributed by atoms with Crippen molar-refractivity contribution in [1.29, 1.82) is 0 Å². The first-order valence-corrected chi connectivity index (χ1v) is 7.23. The van der Waals surface area contributed by atoms with Crippen LogP contribution >= 0.6 is 15.9 Å². The number of fused-ring (bicyclic) bond motifs is 2. The summed E-state index contributed by atoms with van der Waals surface area (Å²) in [5, 5.41) is 3.76. The van der Waals surface area contributed by atoms with E-state index in [1.807, 2.05) is 12.3 Å². The van der Waals surface area contributed by atoms with Gasteiger partial charge in [-0.1, -0.05) is 6.42 Å². The molecular formula is C13H18BrN3. The Bertz CT molecular complexity index is 379. The Hall–Kier alpha value is -0.610. The highest BCUT2D eigenvalue weighted by molar-refractivity contribution is 9.10. The Kier molecular flexibility index (Phi) is 3.34. The molecule has 3 nitrogen and oxygen atoms in total. The van der Waals surface area contributed by atoms with Crippen LogP contribution in [-0.2, 0) is 0 Å². The molecule has 1 N–H and O–H groups in total. The highest BCUT2D eigenvalue weighted by Crippen LogP contribution is 2.24. The monoisotopic (exact) mass is 295 g/mol. The number of nitrogens with zero attached hydrogens (tertiary/aromatic N) is 2. The molecule has 0 spiro atoms. The Labute approximate surface area is 111 Å². The number of halogens is 1. The molecule has 0 saturated carbocycles. The average molecular weight is 296 g/mol. The Morgan fingerprint density at radius 3 is 2.94 bits per heavy atom. The minimum absolute atomic E-state index is 0.667. The van der Waals surface area contributed by atoms with Crippen molar-refractivity contribution in [3.8, 4) is 0 Å². The molecule has 92 valence electrons. The molecule has 2 bridgehead atoms. The van der Waals surface area contributed by atoms with Crippen LogP contribution in [-0.4, -0.2) is 30.2 Å². The lowest BCUT2D eigenvalue weighted by Gasteiger charge is -2.29. The molecule has 2 atom stereocenters. The first kappa shape index (κ1) is 11.5. The second-order valence-electron chi connectivity index (χ2n) is 5.07. The fourth-order valence-corrected chi connectivity index (χ4v) is 3.18. The molecule has 0 radical (unpaired) electrons. The van der Waals surface area contributed by atoms with Gasteiger partial charge in [-0.15, -0.1) is 0 Å². The number of anilines is 1. The van der Waals surface area contributed by atoms with E-state index in [0.717, 1.165) is 23.7 Å². The quantitative estimate of drug-likeness (QED) is 0.807. The summed E-state index contributed by atoms with van der Waals surface area (Å²) in [5.74, 6) is 0. The van der Waals surface area contributed by atoms with Crippen LogP contribution in [0.3, 0.4) is 0 Å². The maximum Gasteiger partial charge on any atom is 0.106 e. The number of aromatic nitrogens is 1. The van der Waals surface area contributed by atoms with Gasteiger partial charge in [0.15, 0.2) is 0 Å². The third-order valence-corrected chi connectivity index (χ3v) is 4.31. The molecule has 0 amide bonds. The maximum atomic E-state index is 4.33. The molecule has 3 rings (SSSR count). The molecule has 2 fully saturated rings. The molecule has 1 aromatic heterocycles. The summed E-state index contributed by atoms with van der Waals surface area (Å²) >= 11 is 3.39. The van der Waals surface area contributed by atoms with Crippen LogP contribution in [0, 0.1) is 0 Å². The van der Waals surface area contributed by atoms with Gasteiger partial charge in [0.1, 0.15) is 4.60 Å². The topological polar surface area (TPSA) is 28.2 Å². The largest absolute Gasteiger partial charge is 0.369 e. The predicted octanol–water partition coefficient (Wildman–Crippen LogP) is 2.56. The van der Waals surface area contributed by atoms with Gasteiger partial charge in [0, 0.05) is 25.2 Å². The van der Waals surface area contributed by atoms with E-state index in [1.54, 1.807) is 0 Å². The number of pyridine rings is 1. The first-order chi connectivity index (χ1) is 8.31. The van der Waals surface area contributed by atoms with Crippen LogP contribution in [0.5, 0.6) is 0 Å². The van der Waals surface area contributed by atoms with E-state index in [9.17, 15) is 0 Å². The van der Waals surface area contributed by atoms with E-state index < -0.39 is 0 Å². The fourth-order valence-electron chi connectivity index (χ4n) is 2.94. The van der Waals surface area contributed by atoms with Crippen molar-refractivity contribution in [3.63, 3.8) is 0 Å². The smallest absolute Gasteiger partial charge is 0.106 e. The average Bonchev–Trinajstić information content (AvgIpc) is 2.49. The molecule has 17 heavy (non-hydrogen) atoms. The second kappa shape index (κ2) is 4.94. The van der Waals surface area contributed by atoms with Gasteiger partial charge in [0.25, 0.3) is 0 Å². The number of rotatable bonds is 1. The van der Waals surface area contributed by atoms with Crippen LogP contribution in [0.15, 0.2) is 22.9 Å². The molecule has 4 heteroatoms. The Morgan fingerprint density at radius 1 is 1.24 bits per heavy atom. The van der Waals surface area contributed by atoms with Crippen LogP contribution in [0.2, 0.25) is 0 Å². The molecule has 2 aliphatic heterocycles. The van der Waals surface area contributed by atoms with Crippen molar-refractivity contribution >= 4 is 21.6 Å². The fraction of sp³-hybridized carbons (Fsp3) is 0.615. The van der Waals surface area contributed by atoms with Crippen molar-refractivity contribution < 1.29 is 0 Å². The van der Waals surface area contributed by atoms with Gasteiger partial charge >= 0.3 is 0 Å². The number of nitrogens with one attached hydrogen (secondary N) is 1. The molecule has 3 heterocycles. The van der Waals surface area contributed by atoms with E-state index in [2.05, 4.69) is 37.2 Å². The third kappa shape index (κ3) is 2.63. The molecule has 0 aliphatic carbocycles. The Balaban J connectivity index is 1.76. The van der Waals surface area contributed by atoms with E-state index in [-0.39, 0.29) is 0 Å². The summed E-state index contributed by atoms with van der Waals surface area (Å²) in [7, 11) is 0. The van der Waals surface area contributed by atoms with Crippen molar-refractivity contribution in [1.82, 2.24) is 10.3 Å². The normalized spacial score (nSPS) is 28.9. The molecule has 1 aromatic rings. The van der Waals surface area contributed by atoms with Crippen molar-refractivity contribution in [2.75, 3.05) is 18.0 Å². The lowest BCUT2D eigenvalue weighted by atomic mass is 9.98. The summed E-state index contributed by atoms with van der Waals surface area (Å²) in [6, 6.07) is 5.59. The molecular weight excluding hydrogens is 278 g/mol. The molecule has 2 aliphatic rings. The predicted molar refractivity (Wildman–Crippen MR) is 73.3 cm³/mol. The van der Waals surface area contributed by atoms with Gasteiger partial charge < -0.3 is 10.2 Å². The minimum Gasteiger partial charge on any atom is -0.369 e. The zero-order valence-electron chi connectivity index (χ0n) is 9.90. The Morgan fingerprint density at radius 2 is 2.12 bits per heavy atom. The van der Waals surface area contributed by atoms with Gasteiger partial charge in [0.2, 0.25) is 0 Å². The first-order valence-electron chi connectivity index (χ1n) is 6.44. The summed E-state index contributed by atoms with van der Waals surface area (Å²) < 4.78 is 0.910. The zero-order chi connectivity index (χ0) is 11.7. The summed E-state index contributed by atoms with van der Waals surface area (Å²) in [6.07, 6.45) is 7.28. The van der Waals surface area contributed by atoms with Gasteiger partial charge in [-0.2, -0.15) is 0 Å². The van der Waals surface area contributed by atoms with Crippen LogP contribution < -0.4 is 10.2 Å². The highest BCUT2D eigenvalue weighted by Gasteiger charge is 2.26. The summed E-state index contributed by atoms with van der Waals surface area (Å²) in [6.45, 7) is 2.28. The van der Waals surface area contributed by atoms with Crippen LogP contribution in [0.1, 0.15) is 25.7 Å². The van der Waals surface area contributed by atoms with Gasteiger partial charge in [0.05, 0.1) is 11.9 Å². The SMILES string of the molecule is Brc1ccc(N2CCC3CCCC(C2)N3)cn1. The summed E-state index contributed by atoms with van der Waals surface area (Å²) in [4.78, 5) is 6.80. The lowest BCUT2D eigenvalue weighted by molar-refractivity contribution is 0.336. The number of hydrogen-bond acceptors (Lipinski definition) is 3. The minimum atomic E-state index is 0.667. The van der Waals surface area contributed by atoms with Gasteiger partial charge in [-0.25, -0.2) is 4.98 Å². The molecule has 2 saturated heterocycles. The molecule has 0 aromatic carbocycles. The highest BCUT2D eigenvalue weighted by atomic mass is 79.9.